The predicted octanol–water partition coefficient (Wildman–Crippen LogP) is 2.12. The highest BCUT2D eigenvalue weighted by Gasteiger charge is 2.27. The van der Waals surface area contributed by atoms with Crippen molar-refractivity contribution in [1.29, 1.82) is 5.26 Å². The molecule has 0 saturated carbocycles. The van der Waals surface area contributed by atoms with Crippen LogP contribution in [0.5, 0.6) is 0 Å². The predicted molar refractivity (Wildman–Crippen MR) is 70.3 cm³/mol. The second kappa shape index (κ2) is 5.02. The fraction of sp³-hybridized carbons (Fsp3) is 0.667. The Bertz CT molecular complexity index is 479. The minimum atomic E-state index is -0.574. The number of carbonyl (C=O) groups excluding carboxylic acids is 1. The molecule has 1 heterocycles. The molecule has 0 aliphatic rings. The summed E-state index contributed by atoms with van der Waals surface area (Å²) in [7, 11) is 0. The molecule has 1 amide bonds. The first-order chi connectivity index (χ1) is 8.17. The Kier molecular flexibility index (Phi) is 4.07. The van der Waals surface area contributed by atoms with Crippen molar-refractivity contribution < 1.29 is 4.79 Å². The monoisotopic (exact) mass is 266 g/mol. The molecule has 0 radical (unpaired) electrons. The molecule has 0 fully saturated rings. The molecule has 18 heavy (non-hydrogen) atoms. The quantitative estimate of drug-likeness (QED) is 0.908. The Hall–Kier alpha value is -1.48. The largest absolute Gasteiger partial charge is 0.350 e. The van der Waals surface area contributed by atoms with Crippen LogP contribution in [0, 0.1) is 16.7 Å². The maximum atomic E-state index is 12.0. The Morgan fingerprint density at radius 1 is 1.39 bits per heavy atom. The van der Waals surface area contributed by atoms with Crippen LogP contribution >= 0.6 is 11.5 Å². The number of amides is 1. The van der Waals surface area contributed by atoms with E-state index in [1.54, 1.807) is 13.8 Å². The number of hydrogen-bond acceptors (Lipinski definition) is 5. The van der Waals surface area contributed by atoms with E-state index >= 15 is 0 Å². The molecule has 0 bridgehead atoms. The average molecular weight is 266 g/mol. The lowest BCUT2D eigenvalue weighted by Gasteiger charge is -2.18. The lowest BCUT2D eigenvalue weighted by Crippen LogP contribution is -2.34. The van der Waals surface area contributed by atoms with E-state index in [4.69, 9.17) is 5.26 Å². The first-order valence-corrected chi connectivity index (χ1v) is 6.47. The van der Waals surface area contributed by atoms with Crippen LogP contribution in [0.25, 0.3) is 0 Å². The fourth-order valence-electron chi connectivity index (χ4n) is 1.25. The Balaban J connectivity index is 2.81. The molecule has 0 aliphatic carbocycles. The molecule has 6 heteroatoms. The smallest absolute Gasteiger partial charge is 0.265 e. The number of nitrogens with one attached hydrogen (secondary N) is 1. The maximum absolute atomic E-state index is 12.0. The van der Waals surface area contributed by atoms with Gasteiger partial charge >= 0.3 is 0 Å². The molecule has 0 aliphatic heterocycles. The standard InChI is InChI=1S/C12H18N4OS/c1-11(2,3)9-8(18-16-15-9)10(17)14-7-12(4,5)6-13/h7H2,1-5H3,(H,14,17). The molecular weight excluding hydrogens is 248 g/mol. The molecule has 1 aromatic rings. The molecule has 1 N–H and O–H groups in total. The molecule has 5 nitrogen and oxygen atoms in total. The van der Waals surface area contributed by atoms with E-state index < -0.39 is 5.41 Å². The lowest BCUT2D eigenvalue weighted by molar-refractivity contribution is 0.0945. The van der Waals surface area contributed by atoms with E-state index in [-0.39, 0.29) is 11.3 Å². The van der Waals surface area contributed by atoms with Gasteiger partial charge in [0.2, 0.25) is 0 Å². The minimum Gasteiger partial charge on any atom is -0.350 e. The zero-order valence-corrected chi connectivity index (χ0v) is 12.2. The third-order valence-corrected chi connectivity index (χ3v) is 3.12. The van der Waals surface area contributed by atoms with Gasteiger partial charge in [-0.15, -0.1) is 5.10 Å². The van der Waals surface area contributed by atoms with Gasteiger partial charge in [-0.1, -0.05) is 25.3 Å². The number of nitriles is 1. The van der Waals surface area contributed by atoms with Gasteiger partial charge in [0.25, 0.3) is 5.91 Å². The van der Waals surface area contributed by atoms with Crippen molar-refractivity contribution in [2.45, 2.75) is 40.0 Å². The van der Waals surface area contributed by atoms with Gasteiger partial charge in [0.15, 0.2) is 0 Å². The molecular formula is C12H18N4OS. The van der Waals surface area contributed by atoms with Crippen LogP contribution in [0.15, 0.2) is 0 Å². The summed E-state index contributed by atoms with van der Waals surface area (Å²) in [5, 5.41) is 15.7. The summed E-state index contributed by atoms with van der Waals surface area (Å²) in [6.45, 7) is 9.83. The SMILES string of the molecule is CC(C)(C#N)CNC(=O)c1snnc1C(C)(C)C. The van der Waals surface area contributed by atoms with Crippen molar-refractivity contribution in [3.8, 4) is 6.07 Å². The molecule has 0 atom stereocenters. The summed E-state index contributed by atoms with van der Waals surface area (Å²) < 4.78 is 3.84. The molecule has 0 spiro atoms. The highest BCUT2D eigenvalue weighted by Crippen LogP contribution is 2.25. The Labute approximate surface area is 111 Å². The number of rotatable bonds is 3. The molecule has 0 saturated heterocycles. The lowest BCUT2D eigenvalue weighted by atomic mass is 9.91. The van der Waals surface area contributed by atoms with Crippen LogP contribution in [-0.2, 0) is 5.41 Å². The van der Waals surface area contributed by atoms with Gasteiger partial charge in [-0.2, -0.15) is 5.26 Å². The number of carbonyl (C=O) groups is 1. The van der Waals surface area contributed by atoms with Gasteiger partial charge in [-0.3, -0.25) is 4.79 Å². The topological polar surface area (TPSA) is 78.7 Å². The summed E-state index contributed by atoms with van der Waals surface area (Å²) in [4.78, 5) is 12.6. The van der Waals surface area contributed by atoms with Crippen LogP contribution in [-0.4, -0.2) is 22.0 Å². The van der Waals surface area contributed by atoms with Crippen LogP contribution in [0.2, 0.25) is 0 Å². The third kappa shape index (κ3) is 3.50. The zero-order valence-electron chi connectivity index (χ0n) is 11.4. The Morgan fingerprint density at radius 3 is 2.50 bits per heavy atom. The van der Waals surface area contributed by atoms with Gasteiger partial charge < -0.3 is 5.32 Å². The van der Waals surface area contributed by atoms with Gasteiger partial charge in [0, 0.05) is 12.0 Å². The summed E-state index contributed by atoms with van der Waals surface area (Å²) in [5.74, 6) is -0.210. The average Bonchev–Trinajstić information content (AvgIpc) is 2.74. The third-order valence-electron chi connectivity index (χ3n) is 2.40. The fourth-order valence-corrected chi connectivity index (χ4v) is 2.04. The summed E-state index contributed by atoms with van der Waals surface area (Å²) in [6, 6.07) is 2.14. The van der Waals surface area contributed by atoms with Gasteiger partial charge in [-0.05, 0) is 25.4 Å². The first-order valence-electron chi connectivity index (χ1n) is 5.70. The number of aromatic nitrogens is 2. The highest BCUT2D eigenvalue weighted by molar-refractivity contribution is 7.08. The van der Waals surface area contributed by atoms with Crippen LogP contribution in [0.3, 0.4) is 0 Å². The maximum Gasteiger partial charge on any atom is 0.265 e. The summed E-state index contributed by atoms with van der Waals surface area (Å²) in [6.07, 6.45) is 0. The van der Waals surface area contributed by atoms with Crippen molar-refractivity contribution in [3.05, 3.63) is 10.6 Å². The zero-order chi connectivity index (χ0) is 14.0. The molecule has 1 aromatic heterocycles. The van der Waals surface area contributed by atoms with Crippen molar-refractivity contribution >= 4 is 17.4 Å². The Morgan fingerprint density at radius 2 is 2.00 bits per heavy atom. The number of hydrogen-bond donors (Lipinski definition) is 1. The normalized spacial score (nSPS) is 12.0. The van der Waals surface area contributed by atoms with E-state index in [0.717, 1.165) is 11.5 Å². The highest BCUT2D eigenvalue weighted by atomic mass is 32.1. The molecule has 1 rings (SSSR count). The molecule has 98 valence electrons. The van der Waals surface area contributed by atoms with Gasteiger partial charge in [-0.25, -0.2) is 0 Å². The molecule has 0 aromatic carbocycles. The van der Waals surface area contributed by atoms with E-state index in [1.807, 2.05) is 20.8 Å². The van der Waals surface area contributed by atoms with Crippen molar-refractivity contribution in [1.82, 2.24) is 14.9 Å². The van der Waals surface area contributed by atoms with Crippen molar-refractivity contribution in [3.63, 3.8) is 0 Å². The molecule has 0 unspecified atom stereocenters. The minimum absolute atomic E-state index is 0.210. The second-order valence-corrected chi connectivity index (χ2v) is 6.63. The second-order valence-electron chi connectivity index (χ2n) is 5.88. The van der Waals surface area contributed by atoms with E-state index in [2.05, 4.69) is 21.0 Å². The van der Waals surface area contributed by atoms with E-state index in [9.17, 15) is 4.79 Å². The van der Waals surface area contributed by atoms with Crippen molar-refractivity contribution in [2.24, 2.45) is 5.41 Å². The summed E-state index contributed by atoms with van der Waals surface area (Å²) in [5.41, 5.74) is -0.0973. The van der Waals surface area contributed by atoms with Crippen molar-refractivity contribution in [2.75, 3.05) is 6.54 Å². The van der Waals surface area contributed by atoms with Crippen LogP contribution in [0.1, 0.15) is 50.0 Å². The number of nitrogens with zero attached hydrogens (tertiary/aromatic N) is 3. The van der Waals surface area contributed by atoms with Gasteiger partial charge in [0.1, 0.15) is 4.88 Å². The first kappa shape index (κ1) is 14.6. The van der Waals surface area contributed by atoms with Gasteiger partial charge in [0.05, 0.1) is 17.2 Å². The summed E-state index contributed by atoms with van der Waals surface area (Å²) >= 11 is 1.09. The van der Waals surface area contributed by atoms with E-state index in [0.29, 0.717) is 17.1 Å². The van der Waals surface area contributed by atoms with E-state index in [1.165, 1.54) is 0 Å². The van der Waals surface area contributed by atoms with Crippen LogP contribution < -0.4 is 5.32 Å². The van der Waals surface area contributed by atoms with Crippen LogP contribution in [0.4, 0.5) is 0 Å².